The van der Waals surface area contributed by atoms with Gasteiger partial charge in [-0.25, -0.2) is 0 Å². The average Bonchev–Trinajstić information content (AvgIpc) is 2.64. The molecule has 0 unspecified atom stereocenters. The molecule has 0 aliphatic heterocycles. The van der Waals surface area contributed by atoms with Crippen molar-refractivity contribution in [2.75, 3.05) is 26.1 Å². The summed E-state index contributed by atoms with van der Waals surface area (Å²) in [4.78, 5) is 24.0. The molecule has 0 aliphatic carbocycles. The average molecular weight is 433 g/mol. The number of hydrogen-bond acceptors (Lipinski definition) is 5. The van der Waals surface area contributed by atoms with E-state index in [1.54, 1.807) is 18.2 Å². The van der Waals surface area contributed by atoms with Gasteiger partial charge < -0.3 is 19.5 Å². The predicted octanol–water partition coefficient (Wildman–Crippen LogP) is 4.39. The Morgan fingerprint density at radius 3 is 2.26 bits per heavy atom. The van der Waals surface area contributed by atoms with E-state index in [1.807, 2.05) is 0 Å². The Morgan fingerprint density at radius 1 is 0.926 bits per heavy atom. The molecule has 9 heteroatoms. The molecule has 2 aromatic rings. The number of esters is 1. The van der Waals surface area contributed by atoms with Gasteiger partial charge in [0.05, 0.1) is 41.4 Å². The Balaban J connectivity index is 1.94. The van der Waals surface area contributed by atoms with Crippen molar-refractivity contribution in [3.63, 3.8) is 0 Å². The molecule has 2 aromatic carbocycles. The smallest absolute Gasteiger partial charge is 0.310 e. The molecule has 27 heavy (non-hydrogen) atoms. The quantitative estimate of drug-likeness (QED) is 0.657. The van der Waals surface area contributed by atoms with Gasteiger partial charge in [-0.05, 0) is 17.7 Å². The summed E-state index contributed by atoms with van der Waals surface area (Å²) in [6.45, 7) is -0.464. The Morgan fingerprint density at radius 2 is 1.63 bits per heavy atom. The van der Waals surface area contributed by atoms with Crippen molar-refractivity contribution in [2.45, 2.75) is 6.42 Å². The number of hydrogen-bond donors (Lipinski definition) is 1. The maximum atomic E-state index is 12.1. The highest BCUT2D eigenvalue weighted by Gasteiger charge is 2.14. The lowest BCUT2D eigenvalue weighted by Gasteiger charge is -2.13. The minimum Gasteiger partial charge on any atom is -0.495 e. The van der Waals surface area contributed by atoms with Crippen LogP contribution in [0.5, 0.6) is 11.5 Å². The molecule has 2 rings (SSSR count). The number of halogens is 3. The number of nitrogens with one attached hydrogen (secondary N) is 1. The van der Waals surface area contributed by atoms with Crippen LogP contribution >= 0.6 is 34.8 Å². The zero-order chi connectivity index (χ0) is 20.0. The summed E-state index contributed by atoms with van der Waals surface area (Å²) in [6, 6.07) is 7.82. The summed E-state index contributed by atoms with van der Waals surface area (Å²) in [5.74, 6) is -0.412. The van der Waals surface area contributed by atoms with Crippen molar-refractivity contribution in [1.82, 2.24) is 0 Å². The Bertz CT molecular complexity index is 857. The first-order chi connectivity index (χ1) is 12.8. The van der Waals surface area contributed by atoms with Gasteiger partial charge >= 0.3 is 5.97 Å². The van der Waals surface area contributed by atoms with Crippen LogP contribution in [0.2, 0.25) is 15.1 Å². The third-order valence-corrected chi connectivity index (χ3v) is 4.48. The normalized spacial score (nSPS) is 10.3. The van der Waals surface area contributed by atoms with Gasteiger partial charge in [0.15, 0.2) is 6.61 Å². The fourth-order valence-corrected chi connectivity index (χ4v) is 2.71. The summed E-state index contributed by atoms with van der Waals surface area (Å²) >= 11 is 17.7. The van der Waals surface area contributed by atoms with E-state index in [2.05, 4.69) is 5.32 Å². The van der Waals surface area contributed by atoms with Crippen LogP contribution in [-0.4, -0.2) is 32.7 Å². The number of benzene rings is 2. The van der Waals surface area contributed by atoms with E-state index >= 15 is 0 Å². The van der Waals surface area contributed by atoms with Crippen molar-refractivity contribution < 1.29 is 23.8 Å². The maximum absolute atomic E-state index is 12.1. The first kappa shape index (κ1) is 21.2. The molecular weight excluding hydrogens is 417 g/mol. The molecule has 0 fully saturated rings. The van der Waals surface area contributed by atoms with Crippen molar-refractivity contribution in [1.29, 1.82) is 0 Å². The molecule has 1 N–H and O–H groups in total. The maximum Gasteiger partial charge on any atom is 0.310 e. The zero-order valence-electron chi connectivity index (χ0n) is 14.5. The van der Waals surface area contributed by atoms with Gasteiger partial charge in [-0.15, -0.1) is 0 Å². The SMILES string of the molecule is COc1cc(NC(=O)COC(=O)Cc2ccc(Cl)c(Cl)c2)c(OC)cc1Cl. The summed E-state index contributed by atoms with van der Waals surface area (Å²) < 4.78 is 15.2. The molecule has 6 nitrogen and oxygen atoms in total. The second kappa shape index (κ2) is 9.69. The molecule has 1 amide bonds. The summed E-state index contributed by atoms with van der Waals surface area (Å²) in [5.41, 5.74) is 0.961. The zero-order valence-corrected chi connectivity index (χ0v) is 16.7. The van der Waals surface area contributed by atoms with E-state index in [0.717, 1.165) is 0 Å². The topological polar surface area (TPSA) is 73.9 Å². The van der Waals surface area contributed by atoms with Crippen LogP contribution < -0.4 is 14.8 Å². The van der Waals surface area contributed by atoms with Crippen molar-refractivity contribution in [3.05, 3.63) is 51.0 Å². The Hall–Kier alpha value is -2.15. The molecule has 0 radical (unpaired) electrons. The van der Waals surface area contributed by atoms with Gasteiger partial charge in [-0.1, -0.05) is 40.9 Å². The van der Waals surface area contributed by atoms with E-state index in [-0.39, 0.29) is 6.42 Å². The number of rotatable bonds is 7. The summed E-state index contributed by atoms with van der Waals surface area (Å²) in [6.07, 6.45) is -0.0394. The van der Waals surface area contributed by atoms with Crippen LogP contribution in [0.3, 0.4) is 0 Å². The molecule has 0 saturated heterocycles. The van der Waals surface area contributed by atoms with Crippen LogP contribution in [0.1, 0.15) is 5.56 Å². The van der Waals surface area contributed by atoms with Crippen LogP contribution in [0.25, 0.3) is 0 Å². The van der Waals surface area contributed by atoms with Crippen LogP contribution in [0, 0.1) is 0 Å². The molecule has 0 aromatic heterocycles. The minimum atomic E-state index is -0.579. The van der Waals surface area contributed by atoms with Crippen LogP contribution in [0.15, 0.2) is 30.3 Å². The lowest BCUT2D eigenvalue weighted by atomic mass is 10.1. The van der Waals surface area contributed by atoms with Gasteiger partial charge in [-0.3, -0.25) is 9.59 Å². The highest BCUT2D eigenvalue weighted by Crippen LogP contribution is 2.35. The van der Waals surface area contributed by atoms with Gasteiger partial charge in [0.1, 0.15) is 11.5 Å². The minimum absolute atomic E-state index is 0.0394. The van der Waals surface area contributed by atoms with Gasteiger partial charge in [0.25, 0.3) is 5.91 Å². The molecule has 0 atom stereocenters. The molecule has 0 aliphatic rings. The predicted molar refractivity (Wildman–Crippen MR) is 104 cm³/mol. The van der Waals surface area contributed by atoms with E-state index in [4.69, 9.17) is 49.0 Å². The van der Waals surface area contributed by atoms with Gasteiger partial charge in [-0.2, -0.15) is 0 Å². The Kier molecular flexibility index (Phi) is 7.59. The van der Waals surface area contributed by atoms with Crippen molar-refractivity contribution in [2.24, 2.45) is 0 Å². The molecular formula is C18H16Cl3NO5. The second-order valence-electron chi connectivity index (χ2n) is 5.32. The number of methoxy groups -OCH3 is 2. The molecule has 0 bridgehead atoms. The third-order valence-electron chi connectivity index (χ3n) is 3.44. The lowest BCUT2D eigenvalue weighted by molar-refractivity contribution is -0.146. The summed E-state index contributed by atoms with van der Waals surface area (Å²) in [5, 5.41) is 3.64. The first-order valence-electron chi connectivity index (χ1n) is 7.65. The molecule has 0 spiro atoms. The number of anilines is 1. The van der Waals surface area contributed by atoms with E-state index in [1.165, 1.54) is 26.4 Å². The number of carbonyl (C=O) groups is 2. The first-order valence-corrected chi connectivity index (χ1v) is 8.78. The highest BCUT2D eigenvalue weighted by atomic mass is 35.5. The fourth-order valence-electron chi connectivity index (χ4n) is 2.16. The van der Waals surface area contributed by atoms with E-state index in [0.29, 0.717) is 37.8 Å². The second-order valence-corrected chi connectivity index (χ2v) is 6.54. The van der Waals surface area contributed by atoms with E-state index < -0.39 is 18.5 Å². The van der Waals surface area contributed by atoms with Crippen LogP contribution in [0.4, 0.5) is 5.69 Å². The monoisotopic (exact) mass is 431 g/mol. The molecule has 0 heterocycles. The standard InChI is InChI=1S/C18H16Cl3NO5/c1-25-15-8-14(16(26-2)7-13(15)21)22-17(23)9-27-18(24)6-10-3-4-11(19)12(20)5-10/h3-5,7-8H,6,9H2,1-2H3,(H,22,23). The van der Waals surface area contributed by atoms with Crippen molar-refractivity contribution >= 4 is 52.4 Å². The van der Waals surface area contributed by atoms with E-state index in [9.17, 15) is 9.59 Å². The number of carbonyl (C=O) groups excluding carboxylic acids is 2. The third kappa shape index (κ3) is 5.92. The fraction of sp³-hybridized carbons (Fsp3) is 0.222. The van der Waals surface area contributed by atoms with Crippen molar-refractivity contribution in [3.8, 4) is 11.5 Å². The Labute approximate surface area is 171 Å². The lowest BCUT2D eigenvalue weighted by Crippen LogP contribution is -2.22. The largest absolute Gasteiger partial charge is 0.495 e. The number of amides is 1. The molecule has 144 valence electrons. The van der Waals surface area contributed by atoms with Crippen LogP contribution in [-0.2, 0) is 20.7 Å². The van der Waals surface area contributed by atoms with Gasteiger partial charge in [0, 0.05) is 12.1 Å². The number of ether oxygens (including phenoxy) is 3. The highest BCUT2D eigenvalue weighted by molar-refractivity contribution is 6.42. The molecule has 0 saturated carbocycles. The van der Waals surface area contributed by atoms with Gasteiger partial charge in [0.2, 0.25) is 0 Å². The summed E-state index contributed by atoms with van der Waals surface area (Å²) in [7, 11) is 2.88.